The van der Waals surface area contributed by atoms with Gasteiger partial charge in [-0.2, -0.15) is 0 Å². The van der Waals surface area contributed by atoms with E-state index < -0.39 is 5.97 Å². The number of anilines is 1. The van der Waals surface area contributed by atoms with E-state index in [9.17, 15) is 4.79 Å². The highest BCUT2D eigenvalue weighted by molar-refractivity contribution is 6.32. The summed E-state index contributed by atoms with van der Waals surface area (Å²) >= 11 is 6.11. The second-order valence-electron chi connectivity index (χ2n) is 5.14. The van der Waals surface area contributed by atoms with E-state index in [1.165, 1.54) is 7.11 Å². The first-order valence-corrected chi connectivity index (χ1v) is 7.39. The Balaban J connectivity index is 2.37. The minimum absolute atomic E-state index is 0.0455. The second kappa shape index (κ2) is 7.24. The maximum Gasteiger partial charge on any atom is 0.338 e. The Morgan fingerprint density at radius 1 is 1.13 bits per heavy atom. The summed E-state index contributed by atoms with van der Waals surface area (Å²) < 4.78 is 16.1. The third-order valence-electron chi connectivity index (χ3n) is 2.86. The third kappa shape index (κ3) is 4.53. The van der Waals surface area contributed by atoms with Gasteiger partial charge in [-0.1, -0.05) is 11.6 Å². The molecule has 6 heteroatoms. The van der Waals surface area contributed by atoms with E-state index in [-0.39, 0.29) is 6.10 Å². The van der Waals surface area contributed by atoms with Gasteiger partial charge in [-0.15, -0.1) is 0 Å². The van der Waals surface area contributed by atoms with Crippen molar-refractivity contribution in [2.75, 3.05) is 12.8 Å². The number of benzene rings is 2. The Hall–Kier alpha value is -2.40. The molecule has 0 saturated heterocycles. The summed E-state index contributed by atoms with van der Waals surface area (Å²) in [5, 5.41) is 0.375. The molecule has 0 fully saturated rings. The fourth-order valence-corrected chi connectivity index (χ4v) is 2.16. The zero-order valence-electron chi connectivity index (χ0n) is 13.1. The van der Waals surface area contributed by atoms with Gasteiger partial charge >= 0.3 is 5.97 Å². The topological polar surface area (TPSA) is 70.8 Å². The average Bonchev–Trinajstić information content (AvgIpc) is 2.48. The molecule has 0 aliphatic heterocycles. The summed E-state index contributed by atoms with van der Waals surface area (Å²) in [6, 6.07) is 9.77. The molecule has 2 rings (SSSR count). The largest absolute Gasteiger partial charge is 0.491 e. The van der Waals surface area contributed by atoms with Crippen LogP contribution in [0.2, 0.25) is 5.02 Å². The number of hydrogen-bond acceptors (Lipinski definition) is 5. The average molecular weight is 336 g/mol. The highest BCUT2D eigenvalue weighted by Crippen LogP contribution is 2.33. The van der Waals surface area contributed by atoms with Crippen LogP contribution in [0.5, 0.6) is 17.2 Å². The molecule has 5 nitrogen and oxygen atoms in total. The van der Waals surface area contributed by atoms with Crippen LogP contribution in [-0.2, 0) is 4.74 Å². The Morgan fingerprint density at radius 2 is 1.83 bits per heavy atom. The third-order valence-corrected chi connectivity index (χ3v) is 3.15. The molecular formula is C17H18ClNO4. The summed E-state index contributed by atoms with van der Waals surface area (Å²) in [5.41, 5.74) is 6.52. The van der Waals surface area contributed by atoms with Crippen molar-refractivity contribution >= 4 is 23.3 Å². The molecule has 0 saturated carbocycles. The van der Waals surface area contributed by atoms with Gasteiger partial charge in [-0.05, 0) is 44.2 Å². The van der Waals surface area contributed by atoms with Crippen molar-refractivity contribution in [1.82, 2.24) is 0 Å². The number of nitrogen functional groups attached to an aromatic ring is 1. The summed E-state index contributed by atoms with van der Waals surface area (Å²) in [4.78, 5) is 11.8. The van der Waals surface area contributed by atoms with Crippen LogP contribution in [0.15, 0.2) is 36.4 Å². The molecule has 2 N–H and O–H groups in total. The lowest BCUT2D eigenvalue weighted by Gasteiger charge is -2.14. The lowest BCUT2D eigenvalue weighted by molar-refractivity contribution is 0.0599. The number of halogens is 1. The van der Waals surface area contributed by atoms with Crippen molar-refractivity contribution in [3.63, 3.8) is 0 Å². The van der Waals surface area contributed by atoms with E-state index in [1.54, 1.807) is 36.4 Å². The number of nitrogens with two attached hydrogens (primary N) is 1. The van der Waals surface area contributed by atoms with Crippen molar-refractivity contribution in [2.45, 2.75) is 20.0 Å². The summed E-state index contributed by atoms with van der Waals surface area (Å²) in [6.07, 6.45) is -0.0455. The van der Waals surface area contributed by atoms with Crippen LogP contribution in [0.4, 0.5) is 5.69 Å². The molecule has 0 bridgehead atoms. The quantitative estimate of drug-likeness (QED) is 0.652. The molecule has 23 heavy (non-hydrogen) atoms. The van der Waals surface area contributed by atoms with Gasteiger partial charge in [0.25, 0.3) is 0 Å². The molecule has 0 unspecified atom stereocenters. The standard InChI is InChI=1S/C17H18ClNO4/c1-10(2)22-13-6-11(17(20)21-3)7-14(9-13)23-16-5-4-12(19)8-15(16)18/h4-10H,19H2,1-3H3. The fraction of sp³-hybridized carbons (Fsp3) is 0.235. The van der Waals surface area contributed by atoms with E-state index in [0.717, 1.165) is 0 Å². The van der Waals surface area contributed by atoms with Crippen LogP contribution in [0.3, 0.4) is 0 Å². The van der Waals surface area contributed by atoms with E-state index in [4.69, 9.17) is 31.5 Å². The highest BCUT2D eigenvalue weighted by atomic mass is 35.5. The number of carbonyl (C=O) groups is 1. The SMILES string of the molecule is COC(=O)c1cc(Oc2ccc(N)cc2Cl)cc(OC(C)C)c1. The van der Waals surface area contributed by atoms with Gasteiger partial charge in [0.1, 0.15) is 17.2 Å². The minimum atomic E-state index is -0.479. The van der Waals surface area contributed by atoms with Crippen LogP contribution >= 0.6 is 11.6 Å². The number of esters is 1. The Morgan fingerprint density at radius 3 is 2.43 bits per heavy atom. The number of carbonyl (C=O) groups excluding carboxylic acids is 1. The number of ether oxygens (including phenoxy) is 3. The highest BCUT2D eigenvalue weighted by Gasteiger charge is 2.13. The van der Waals surface area contributed by atoms with Crippen LogP contribution in [0, 0.1) is 0 Å². The smallest absolute Gasteiger partial charge is 0.338 e. The normalized spacial score (nSPS) is 10.5. The maximum atomic E-state index is 11.8. The van der Waals surface area contributed by atoms with Gasteiger partial charge in [-0.25, -0.2) is 4.79 Å². The second-order valence-corrected chi connectivity index (χ2v) is 5.55. The molecule has 0 aliphatic rings. The van der Waals surface area contributed by atoms with Crippen LogP contribution in [-0.4, -0.2) is 19.2 Å². The first kappa shape index (κ1) is 17.0. The van der Waals surface area contributed by atoms with Crippen LogP contribution in [0.25, 0.3) is 0 Å². The van der Waals surface area contributed by atoms with Gasteiger partial charge in [-0.3, -0.25) is 0 Å². The lowest BCUT2D eigenvalue weighted by Crippen LogP contribution is -2.07. The Bertz CT molecular complexity index is 716. The predicted octanol–water partition coefficient (Wildman–Crippen LogP) is 4.29. The first-order valence-electron chi connectivity index (χ1n) is 7.02. The van der Waals surface area contributed by atoms with Gasteiger partial charge in [0.15, 0.2) is 0 Å². The molecule has 0 radical (unpaired) electrons. The first-order chi connectivity index (χ1) is 10.9. The van der Waals surface area contributed by atoms with Crippen LogP contribution < -0.4 is 15.2 Å². The van der Waals surface area contributed by atoms with E-state index >= 15 is 0 Å². The molecule has 0 heterocycles. The van der Waals surface area contributed by atoms with E-state index in [0.29, 0.717) is 33.5 Å². The lowest BCUT2D eigenvalue weighted by atomic mass is 10.2. The van der Waals surface area contributed by atoms with Gasteiger partial charge < -0.3 is 19.9 Å². The van der Waals surface area contributed by atoms with Gasteiger partial charge in [0.2, 0.25) is 0 Å². The predicted molar refractivity (Wildman–Crippen MR) is 89.5 cm³/mol. The maximum absolute atomic E-state index is 11.8. The van der Waals surface area contributed by atoms with Crippen LogP contribution in [0.1, 0.15) is 24.2 Å². The van der Waals surface area contributed by atoms with Gasteiger partial charge in [0, 0.05) is 11.8 Å². The molecular weight excluding hydrogens is 318 g/mol. The fourth-order valence-electron chi connectivity index (χ4n) is 1.93. The number of hydrogen-bond donors (Lipinski definition) is 1. The van der Waals surface area contributed by atoms with Gasteiger partial charge in [0.05, 0.1) is 23.8 Å². The molecule has 0 aromatic heterocycles. The molecule has 2 aromatic carbocycles. The van der Waals surface area contributed by atoms with Crippen molar-refractivity contribution in [2.24, 2.45) is 0 Å². The zero-order valence-corrected chi connectivity index (χ0v) is 13.9. The Kier molecular flexibility index (Phi) is 5.34. The van der Waals surface area contributed by atoms with Crippen molar-refractivity contribution in [3.05, 3.63) is 47.0 Å². The van der Waals surface area contributed by atoms with Crippen molar-refractivity contribution in [3.8, 4) is 17.2 Å². The monoisotopic (exact) mass is 335 g/mol. The molecule has 122 valence electrons. The number of rotatable bonds is 5. The summed E-state index contributed by atoms with van der Waals surface area (Å²) in [7, 11) is 1.32. The van der Waals surface area contributed by atoms with E-state index in [2.05, 4.69) is 0 Å². The Labute approximate surface area is 139 Å². The molecule has 0 amide bonds. The summed E-state index contributed by atoms with van der Waals surface area (Å²) in [6.45, 7) is 3.78. The van der Waals surface area contributed by atoms with Crippen molar-refractivity contribution in [1.29, 1.82) is 0 Å². The number of methoxy groups -OCH3 is 1. The molecule has 2 aromatic rings. The molecule has 0 atom stereocenters. The summed E-state index contributed by atoms with van der Waals surface area (Å²) in [5.74, 6) is 0.866. The van der Waals surface area contributed by atoms with Crippen molar-refractivity contribution < 1.29 is 19.0 Å². The molecule has 0 aliphatic carbocycles. The van der Waals surface area contributed by atoms with E-state index in [1.807, 2.05) is 13.8 Å². The zero-order chi connectivity index (χ0) is 17.0. The molecule has 0 spiro atoms. The minimum Gasteiger partial charge on any atom is -0.491 e.